The SMILES string of the molecule is CNc1nc2sccn2c1S(=O)(=O)NCC1CCCO1. The number of sulfonamides is 1. The Balaban J connectivity index is 1.89. The van der Waals surface area contributed by atoms with Gasteiger partial charge in [-0.05, 0) is 12.8 Å². The molecule has 0 saturated carbocycles. The molecule has 20 heavy (non-hydrogen) atoms. The number of imidazole rings is 1. The highest BCUT2D eigenvalue weighted by molar-refractivity contribution is 7.89. The molecule has 9 heteroatoms. The van der Waals surface area contributed by atoms with Crippen LogP contribution in [0.5, 0.6) is 0 Å². The first-order valence-electron chi connectivity index (χ1n) is 6.36. The molecule has 3 heterocycles. The topological polar surface area (TPSA) is 84.7 Å². The van der Waals surface area contributed by atoms with Crippen molar-refractivity contribution < 1.29 is 13.2 Å². The lowest BCUT2D eigenvalue weighted by Crippen LogP contribution is -2.32. The Labute approximate surface area is 121 Å². The van der Waals surface area contributed by atoms with Gasteiger partial charge in [-0.2, -0.15) is 0 Å². The maximum atomic E-state index is 12.5. The lowest BCUT2D eigenvalue weighted by atomic mass is 10.2. The first-order chi connectivity index (χ1) is 9.62. The fourth-order valence-corrected chi connectivity index (χ4v) is 4.38. The average molecular weight is 316 g/mol. The van der Waals surface area contributed by atoms with Crippen molar-refractivity contribution in [3.63, 3.8) is 0 Å². The zero-order valence-electron chi connectivity index (χ0n) is 11.0. The van der Waals surface area contributed by atoms with Crippen molar-refractivity contribution in [2.45, 2.75) is 24.0 Å². The second-order valence-corrected chi connectivity index (χ2v) is 7.11. The predicted octanol–water partition coefficient (Wildman–Crippen LogP) is 0.895. The highest BCUT2D eigenvalue weighted by atomic mass is 32.2. The number of aromatic nitrogens is 2. The number of hydrogen-bond donors (Lipinski definition) is 2. The molecular formula is C11H16N4O3S2. The molecule has 110 valence electrons. The van der Waals surface area contributed by atoms with E-state index in [2.05, 4.69) is 15.0 Å². The summed E-state index contributed by atoms with van der Waals surface area (Å²) in [7, 11) is -1.97. The van der Waals surface area contributed by atoms with Crippen LogP contribution in [0.4, 0.5) is 5.82 Å². The average Bonchev–Trinajstić information content (AvgIpc) is 3.11. The van der Waals surface area contributed by atoms with Crippen LogP contribution < -0.4 is 10.0 Å². The second kappa shape index (κ2) is 5.32. The third-order valence-electron chi connectivity index (χ3n) is 3.23. The minimum absolute atomic E-state index is 0.0336. The molecule has 2 N–H and O–H groups in total. The van der Waals surface area contributed by atoms with Crippen LogP contribution in [-0.2, 0) is 14.8 Å². The Bertz CT molecular complexity index is 700. The lowest BCUT2D eigenvalue weighted by Gasteiger charge is -2.11. The van der Waals surface area contributed by atoms with Crippen LogP contribution >= 0.6 is 11.3 Å². The van der Waals surface area contributed by atoms with E-state index in [1.54, 1.807) is 23.0 Å². The fourth-order valence-electron chi connectivity index (χ4n) is 2.26. The van der Waals surface area contributed by atoms with Gasteiger partial charge in [-0.1, -0.05) is 0 Å². The summed E-state index contributed by atoms with van der Waals surface area (Å²) in [6.45, 7) is 0.998. The molecule has 1 fully saturated rings. The highest BCUT2D eigenvalue weighted by Crippen LogP contribution is 2.25. The summed E-state index contributed by atoms with van der Waals surface area (Å²) >= 11 is 1.39. The summed E-state index contributed by atoms with van der Waals surface area (Å²) in [5.74, 6) is 0.358. The molecule has 0 radical (unpaired) electrons. The molecule has 2 aromatic heterocycles. The van der Waals surface area contributed by atoms with Crippen LogP contribution in [0.25, 0.3) is 4.96 Å². The second-order valence-electron chi connectivity index (χ2n) is 4.56. The molecule has 0 bridgehead atoms. The van der Waals surface area contributed by atoms with Crippen LogP contribution in [0.15, 0.2) is 16.6 Å². The first kappa shape index (κ1) is 13.8. The first-order valence-corrected chi connectivity index (χ1v) is 8.72. The third-order valence-corrected chi connectivity index (χ3v) is 5.44. The molecule has 1 aliphatic heterocycles. The highest BCUT2D eigenvalue weighted by Gasteiger charge is 2.27. The van der Waals surface area contributed by atoms with Gasteiger partial charge in [0.15, 0.2) is 15.8 Å². The van der Waals surface area contributed by atoms with E-state index in [0.717, 1.165) is 12.8 Å². The fraction of sp³-hybridized carbons (Fsp3) is 0.545. The molecule has 1 atom stereocenters. The smallest absolute Gasteiger partial charge is 0.260 e. The Morgan fingerprint density at radius 3 is 3.15 bits per heavy atom. The number of anilines is 1. The Hall–Kier alpha value is -1.16. The van der Waals surface area contributed by atoms with Crippen molar-refractivity contribution in [2.75, 3.05) is 25.5 Å². The molecule has 1 unspecified atom stereocenters. The van der Waals surface area contributed by atoms with Gasteiger partial charge in [0.2, 0.25) is 0 Å². The Morgan fingerprint density at radius 2 is 2.45 bits per heavy atom. The lowest BCUT2D eigenvalue weighted by molar-refractivity contribution is 0.114. The maximum absolute atomic E-state index is 12.5. The summed E-state index contributed by atoms with van der Waals surface area (Å²) in [6, 6.07) is 0. The number of fused-ring (bicyclic) bond motifs is 1. The van der Waals surface area contributed by atoms with Crippen LogP contribution in [0.1, 0.15) is 12.8 Å². The molecule has 0 aliphatic carbocycles. The predicted molar refractivity (Wildman–Crippen MR) is 76.8 cm³/mol. The van der Waals surface area contributed by atoms with Crippen molar-refractivity contribution in [1.82, 2.24) is 14.1 Å². The van der Waals surface area contributed by atoms with E-state index in [9.17, 15) is 8.42 Å². The minimum Gasteiger partial charge on any atom is -0.377 e. The monoisotopic (exact) mass is 316 g/mol. The summed E-state index contributed by atoms with van der Waals surface area (Å²) < 4.78 is 34.6. The zero-order valence-corrected chi connectivity index (χ0v) is 12.6. The van der Waals surface area contributed by atoms with E-state index in [1.807, 2.05) is 0 Å². The van der Waals surface area contributed by atoms with Crippen LogP contribution in [-0.4, -0.2) is 44.1 Å². The van der Waals surface area contributed by atoms with Gasteiger partial charge >= 0.3 is 0 Å². The van der Waals surface area contributed by atoms with Crippen molar-refractivity contribution >= 4 is 32.1 Å². The van der Waals surface area contributed by atoms with Gasteiger partial charge < -0.3 is 10.1 Å². The van der Waals surface area contributed by atoms with Gasteiger partial charge in [0.25, 0.3) is 10.0 Å². The number of ether oxygens (including phenoxy) is 1. The van der Waals surface area contributed by atoms with E-state index in [4.69, 9.17) is 4.74 Å². The van der Waals surface area contributed by atoms with Gasteiger partial charge in [-0.15, -0.1) is 11.3 Å². The van der Waals surface area contributed by atoms with Crippen LogP contribution in [0, 0.1) is 0 Å². The molecule has 2 aromatic rings. The van der Waals surface area contributed by atoms with E-state index in [1.165, 1.54) is 11.3 Å². The summed E-state index contributed by atoms with van der Waals surface area (Å²) in [4.78, 5) is 4.90. The molecule has 0 aromatic carbocycles. The summed E-state index contributed by atoms with van der Waals surface area (Å²) in [6.07, 6.45) is 3.54. The zero-order chi connectivity index (χ0) is 14.2. The van der Waals surface area contributed by atoms with Crippen molar-refractivity contribution in [3.05, 3.63) is 11.6 Å². The number of thiazole rings is 1. The molecule has 1 aliphatic rings. The van der Waals surface area contributed by atoms with Crippen LogP contribution in [0.2, 0.25) is 0 Å². The maximum Gasteiger partial charge on any atom is 0.260 e. The Kier molecular flexibility index (Phi) is 3.67. The van der Waals surface area contributed by atoms with E-state index in [-0.39, 0.29) is 11.1 Å². The number of hydrogen-bond acceptors (Lipinski definition) is 6. The van der Waals surface area contributed by atoms with Gasteiger partial charge in [0.1, 0.15) is 0 Å². The number of nitrogens with zero attached hydrogens (tertiary/aromatic N) is 2. The normalized spacial score (nSPS) is 19.8. The van der Waals surface area contributed by atoms with Gasteiger partial charge in [0, 0.05) is 31.8 Å². The number of nitrogens with one attached hydrogen (secondary N) is 2. The molecule has 0 spiro atoms. The largest absolute Gasteiger partial charge is 0.377 e. The van der Waals surface area contributed by atoms with Crippen molar-refractivity contribution in [2.24, 2.45) is 0 Å². The third kappa shape index (κ3) is 2.41. The standard InChI is InChI=1S/C11H16N4O3S2/c1-12-9-10(15-4-6-19-11(15)14-9)20(16,17)13-7-8-3-2-5-18-8/h4,6,8,12-13H,2-3,5,7H2,1H3. The van der Waals surface area contributed by atoms with Crippen LogP contribution in [0.3, 0.4) is 0 Å². The van der Waals surface area contributed by atoms with Gasteiger partial charge in [0.05, 0.1) is 6.10 Å². The van der Waals surface area contributed by atoms with Crippen molar-refractivity contribution in [3.8, 4) is 0 Å². The molecule has 3 rings (SSSR count). The van der Waals surface area contributed by atoms with Gasteiger partial charge in [-0.25, -0.2) is 18.1 Å². The molecular weight excluding hydrogens is 300 g/mol. The number of rotatable bonds is 5. The summed E-state index contributed by atoms with van der Waals surface area (Å²) in [5.41, 5.74) is 0. The van der Waals surface area contributed by atoms with E-state index in [0.29, 0.717) is 23.9 Å². The minimum atomic E-state index is -3.63. The summed E-state index contributed by atoms with van der Waals surface area (Å²) in [5, 5.41) is 4.78. The quantitative estimate of drug-likeness (QED) is 0.856. The molecule has 1 saturated heterocycles. The van der Waals surface area contributed by atoms with Crippen molar-refractivity contribution in [1.29, 1.82) is 0 Å². The molecule has 7 nitrogen and oxygen atoms in total. The molecule has 0 amide bonds. The van der Waals surface area contributed by atoms with E-state index >= 15 is 0 Å². The van der Waals surface area contributed by atoms with E-state index < -0.39 is 10.0 Å². The van der Waals surface area contributed by atoms with Gasteiger partial charge in [-0.3, -0.25) is 4.40 Å². The Morgan fingerprint density at radius 1 is 1.60 bits per heavy atom.